The van der Waals surface area contributed by atoms with Gasteiger partial charge >= 0.3 is 0 Å². The molecule has 0 unspecified atom stereocenters. The minimum atomic E-state index is 0.736. The summed E-state index contributed by atoms with van der Waals surface area (Å²) in [4.78, 5) is 4.83. The zero-order valence-electron chi connectivity index (χ0n) is 12.5. The maximum atomic E-state index is 6.02. The fraction of sp³-hybridized carbons (Fsp3) is 0.0500. The van der Waals surface area contributed by atoms with E-state index in [1.54, 1.807) is 0 Å². The monoisotopic (exact) mass is 318 g/mol. The van der Waals surface area contributed by atoms with Crippen molar-refractivity contribution in [1.82, 2.24) is 9.55 Å². The standard InChI is InChI=1S/C20H15ClN2/c21-17-12-10-16(11-13-17)20-22-18-8-4-5-9-19(18)23(20)14-15-6-2-1-3-7-15/h1-13H,14H2. The molecule has 0 fully saturated rings. The minimum absolute atomic E-state index is 0.736. The van der Waals surface area contributed by atoms with E-state index in [0.717, 1.165) is 34.0 Å². The number of hydrogen-bond acceptors (Lipinski definition) is 1. The Morgan fingerprint density at radius 2 is 1.48 bits per heavy atom. The van der Waals surface area contributed by atoms with Crippen LogP contribution in [0.4, 0.5) is 0 Å². The number of halogens is 1. The highest BCUT2D eigenvalue weighted by Crippen LogP contribution is 2.26. The average molecular weight is 319 g/mol. The predicted molar refractivity (Wildman–Crippen MR) is 95.7 cm³/mol. The molecule has 23 heavy (non-hydrogen) atoms. The van der Waals surface area contributed by atoms with E-state index >= 15 is 0 Å². The lowest BCUT2D eigenvalue weighted by Crippen LogP contribution is -2.02. The summed E-state index contributed by atoms with van der Waals surface area (Å²) in [6.07, 6.45) is 0. The lowest BCUT2D eigenvalue weighted by atomic mass is 10.2. The Hall–Kier alpha value is -2.58. The maximum absolute atomic E-state index is 6.02. The molecule has 0 saturated carbocycles. The molecule has 0 aliphatic carbocycles. The third-order valence-electron chi connectivity index (χ3n) is 3.94. The van der Waals surface area contributed by atoms with Crippen molar-refractivity contribution in [2.24, 2.45) is 0 Å². The molecule has 0 amide bonds. The first kappa shape index (κ1) is 14.0. The molecule has 2 nitrogen and oxygen atoms in total. The lowest BCUT2D eigenvalue weighted by molar-refractivity contribution is 0.834. The minimum Gasteiger partial charge on any atom is -0.319 e. The van der Waals surface area contributed by atoms with Gasteiger partial charge in [-0.15, -0.1) is 0 Å². The van der Waals surface area contributed by atoms with Gasteiger partial charge in [-0.25, -0.2) is 4.98 Å². The van der Waals surface area contributed by atoms with Crippen LogP contribution in [0.2, 0.25) is 5.02 Å². The number of fused-ring (bicyclic) bond motifs is 1. The van der Waals surface area contributed by atoms with Gasteiger partial charge in [-0.2, -0.15) is 0 Å². The highest BCUT2D eigenvalue weighted by atomic mass is 35.5. The molecule has 0 aliphatic heterocycles. The fourth-order valence-corrected chi connectivity index (χ4v) is 2.95. The Morgan fingerprint density at radius 1 is 0.783 bits per heavy atom. The van der Waals surface area contributed by atoms with Gasteiger partial charge in [0.05, 0.1) is 11.0 Å². The molecule has 4 rings (SSSR count). The van der Waals surface area contributed by atoms with Crippen molar-refractivity contribution in [3.05, 3.63) is 89.4 Å². The summed E-state index contributed by atoms with van der Waals surface area (Å²) >= 11 is 6.02. The maximum Gasteiger partial charge on any atom is 0.141 e. The summed E-state index contributed by atoms with van der Waals surface area (Å²) in [5.41, 5.74) is 4.47. The van der Waals surface area contributed by atoms with E-state index in [1.165, 1.54) is 5.56 Å². The third kappa shape index (κ3) is 2.73. The van der Waals surface area contributed by atoms with Gasteiger partial charge in [0.1, 0.15) is 5.82 Å². The Morgan fingerprint density at radius 3 is 2.26 bits per heavy atom. The second kappa shape index (κ2) is 5.90. The molecule has 0 atom stereocenters. The molecule has 0 bridgehead atoms. The van der Waals surface area contributed by atoms with Crippen LogP contribution in [0.3, 0.4) is 0 Å². The fourth-order valence-electron chi connectivity index (χ4n) is 2.82. The van der Waals surface area contributed by atoms with Crippen molar-refractivity contribution < 1.29 is 0 Å². The van der Waals surface area contributed by atoms with Gasteiger partial charge in [-0.3, -0.25) is 0 Å². The largest absolute Gasteiger partial charge is 0.319 e. The zero-order chi connectivity index (χ0) is 15.6. The van der Waals surface area contributed by atoms with E-state index in [-0.39, 0.29) is 0 Å². The predicted octanol–water partition coefficient (Wildman–Crippen LogP) is 5.41. The van der Waals surface area contributed by atoms with E-state index in [0.29, 0.717) is 0 Å². The second-order valence-corrected chi connectivity index (χ2v) is 5.94. The zero-order valence-corrected chi connectivity index (χ0v) is 13.2. The van der Waals surface area contributed by atoms with E-state index in [4.69, 9.17) is 16.6 Å². The van der Waals surface area contributed by atoms with Gasteiger partial charge in [0.2, 0.25) is 0 Å². The van der Waals surface area contributed by atoms with E-state index in [1.807, 2.05) is 36.4 Å². The topological polar surface area (TPSA) is 17.8 Å². The van der Waals surface area contributed by atoms with Crippen molar-refractivity contribution in [1.29, 1.82) is 0 Å². The molecule has 0 N–H and O–H groups in total. The summed E-state index contributed by atoms with van der Waals surface area (Å²) in [7, 11) is 0. The molecular weight excluding hydrogens is 304 g/mol. The van der Waals surface area contributed by atoms with Crippen LogP contribution in [0.1, 0.15) is 5.56 Å². The number of imidazole rings is 1. The summed E-state index contributed by atoms with van der Waals surface area (Å²) < 4.78 is 2.26. The van der Waals surface area contributed by atoms with E-state index < -0.39 is 0 Å². The van der Waals surface area contributed by atoms with Gasteiger partial charge in [0.15, 0.2) is 0 Å². The normalized spacial score (nSPS) is 11.0. The van der Waals surface area contributed by atoms with Crippen molar-refractivity contribution in [3.8, 4) is 11.4 Å². The summed E-state index contributed by atoms with van der Waals surface area (Å²) in [6.45, 7) is 0.791. The Balaban J connectivity index is 1.89. The second-order valence-electron chi connectivity index (χ2n) is 5.50. The van der Waals surface area contributed by atoms with Crippen LogP contribution in [0, 0.1) is 0 Å². The summed E-state index contributed by atoms with van der Waals surface area (Å²) in [5, 5.41) is 0.736. The molecule has 3 heteroatoms. The van der Waals surface area contributed by atoms with Crippen molar-refractivity contribution in [2.45, 2.75) is 6.54 Å². The van der Waals surface area contributed by atoms with Gasteiger partial charge in [-0.1, -0.05) is 54.1 Å². The molecule has 0 saturated heterocycles. The van der Waals surface area contributed by atoms with E-state index in [2.05, 4.69) is 47.0 Å². The smallest absolute Gasteiger partial charge is 0.141 e. The number of rotatable bonds is 3. The van der Waals surface area contributed by atoms with Gasteiger partial charge in [0, 0.05) is 17.1 Å². The molecule has 3 aromatic carbocycles. The molecule has 1 heterocycles. The molecule has 112 valence electrons. The van der Waals surface area contributed by atoms with Crippen molar-refractivity contribution >= 4 is 22.6 Å². The van der Waals surface area contributed by atoms with Crippen LogP contribution in [0.15, 0.2) is 78.9 Å². The Bertz CT molecular complexity index is 940. The number of hydrogen-bond donors (Lipinski definition) is 0. The van der Waals surface area contributed by atoms with Gasteiger partial charge < -0.3 is 4.57 Å². The highest BCUT2D eigenvalue weighted by molar-refractivity contribution is 6.30. The SMILES string of the molecule is Clc1ccc(-c2nc3ccccc3n2Cc2ccccc2)cc1. The molecule has 0 radical (unpaired) electrons. The molecule has 1 aromatic heterocycles. The molecule has 4 aromatic rings. The first-order valence-electron chi connectivity index (χ1n) is 7.56. The molecule has 0 spiro atoms. The number of nitrogens with zero attached hydrogens (tertiary/aromatic N) is 2. The first-order valence-corrected chi connectivity index (χ1v) is 7.94. The average Bonchev–Trinajstić information content (AvgIpc) is 2.95. The van der Waals surface area contributed by atoms with Crippen LogP contribution < -0.4 is 0 Å². The van der Waals surface area contributed by atoms with Crippen LogP contribution in [-0.2, 0) is 6.54 Å². The van der Waals surface area contributed by atoms with E-state index in [9.17, 15) is 0 Å². The third-order valence-corrected chi connectivity index (χ3v) is 4.19. The number of para-hydroxylation sites is 2. The summed E-state index contributed by atoms with van der Waals surface area (Å²) in [6, 6.07) is 26.5. The van der Waals surface area contributed by atoms with Crippen molar-refractivity contribution in [3.63, 3.8) is 0 Å². The Kier molecular flexibility index (Phi) is 3.60. The van der Waals surface area contributed by atoms with Crippen LogP contribution in [0.5, 0.6) is 0 Å². The van der Waals surface area contributed by atoms with Crippen LogP contribution in [-0.4, -0.2) is 9.55 Å². The number of benzene rings is 3. The molecule has 0 aliphatic rings. The summed E-state index contributed by atoms with van der Waals surface area (Å²) in [5.74, 6) is 0.965. The first-order chi connectivity index (χ1) is 11.3. The van der Waals surface area contributed by atoms with Crippen LogP contribution >= 0.6 is 11.6 Å². The number of aromatic nitrogens is 2. The highest BCUT2D eigenvalue weighted by Gasteiger charge is 2.12. The van der Waals surface area contributed by atoms with Crippen molar-refractivity contribution in [2.75, 3.05) is 0 Å². The quantitative estimate of drug-likeness (QED) is 0.494. The Labute approximate surface area is 140 Å². The lowest BCUT2D eigenvalue weighted by Gasteiger charge is -2.10. The van der Waals surface area contributed by atoms with Gasteiger partial charge in [0.25, 0.3) is 0 Å². The van der Waals surface area contributed by atoms with Crippen LogP contribution in [0.25, 0.3) is 22.4 Å². The van der Waals surface area contributed by atoms with Gasteiger partial charge in [-0.05, 0) is 42.0 Å². The molecular formula is C20H15ClN2.